The molecule has 106 valence electrons. The van der Waals surface area contributed by atoms with Gasteiger partial charge < -0.3 is 15.4 Å². The molecule has 2 fully saturated rings. The predicted octanol–water partition coefficient (Wildman–Crippen LogP) is 0.766. The Morgan fingerprint density at radius 3 is 2.78 bits per heavy atom. The van der Waals surface area contributed by atoms with Crippen molar-refractivity contribution in [2.24, 2.45) is 11.7 Å². The zero-order valence-corrected chi connectivity index (χ0v) is 12.2. The lowest BCUT2D eigenvalue weighted by Gasteiger charge is -2.52. The van der Waals surface area contributed by atoms with Gasteiger partial charge >= 0.3 is 0 Å². The Morgan fingerprint density at radius 2 is 2.17 bits per heavy atom. The highest BCUT2D eigenvalue weighted by atomic mass is 16.5. The van der Waals surface area contributed by atoms with E-state index in [-0.39, 0.29) is 5.54 Å². The summed E-state index contributed by atoms with van der Waals surface area (Å²) in [5.74, 6) is 0.669. The number of nitrogens with two attached hydrogens (primary N) is 1. The number of ether oxygens (including phenoxy) is 1. The molecule has 0 amide bonds. The standard InChI is InChI=1S/C14H29N3O/c1-12-5-8-17(9-13(12)18-3)14(10-15)6-4-7-16(2)11-14/h12-13H,4-11,15H2,1-3H3. The molecular formula is C14H29N3O. The summed E-state index contributed by atoms with van der Waals surface area (Å²) < 4.78 is 5.64. The third kappa shape index (κ3) is 2.72. The molecule has 2 rings (SSSR count). The minimum Gasteiger partial charge on any atom is -0.380 e. The Hall–Kier alpha value is -0.160. The van der Waals surface area contributed by atoms with Gasteiger partial charge in [-0.25, -0.2) is 0 Å². The van der Waals surface area contributed by atoms with E-state index in [1.165, 1.54) is 32.4 Å². The molecule has 0 aromatic carbocycles. The molecule has 2 saturated heterocycles. The maximum Gasteiger partial charge on any atom is 0.0724 e. The fourth-order valence-electron chi connectivity index (χ4n) is 3.66. The van der Waals surface area contributed by atoms with Gasteiger partial charge in [-0.2, -0.15) is 0 Å². The highest BCUT2D eigenvalue weighted by molar-refractivity contribution is 4.99. The van der Waals surface area contributed by atoms with E-state index in [1.807, 2.05) is 7.11 Å². The van der Waals surface area contributed by atoms with Crippen molar-refractivity contribution in [2.75, 3.05) is 46.9 Å². The Kier molecular flexibility index (Phi) is 4.64. The quantitative estimate of drug-likeness (QED) is 0.809. The van der Waals surface area contributed by atoms with Crippen LogP contribution in [0.1, 0.15) is 26.2 Å². The van der Waals surface area contributed by atoms with Gasteiger partial charge in [-0.15, -0.1) is 0 Å². The molecule has 3 unspecified atom stereocenters. The lowest BCUT2D eigenvalue weighted by atomic mass is 9.83. The van der Waals surface area contributed by atoms with Crippen LogP contribution in [-0.2, 0) is 4.74 Å². The van der Waals surface area contributed by atoms with E-state index in [0.29, 0.717) is 12.0 Å². The van der Waals surface area contributed by atoms with E-state index in [4.69, 9.17) is 10.5 Å². The van der Waals surface area contributed by atoms with E-state index in [9.17, 15) is 0 Å². The van der Waals surface area contributed by atoms with Gasteiger partial charge in [0, 0.05) is 32.3 Å². The fraction of sp³-hybridized carbons (Fsp3) is 1.00. The SMILES string of the molecule is COC1CN(C2(CN)CCCN(C)C2)CCC1C. The van der Waals surface area contributed by atoms with E-state index < -0.39 is 0 Å². The van der Waals surface area contributed by atoms with Crippen molar-refractivity contribution in [2.45, 2.75) is 37.8 Å². The minimum atomic E-state index is 0.184. The summed E-state index contributed by atoms with van der Waals surface area (Å²) in [5.41, 5.74) is 6.33. The van der Waals surface area contributed by atoms with Gasteiger partial charge in [0.1, 0.15) is 0 Å². The van der Waals surface area contributed by atoms with Gasteiger partial charge in [0.25, 0.3) is 0 Å². The molecule has 0 radical (unpaired) electrons. The van der Waals surface area contributed by atoms with Crippen molar-refractivity contribution in [1.82, 2.24) is 9.80 Å². The van der Waals surface area contributed by atoms with Crippen LogP contribution in [0.3, 0.4) is 0 Å². The average Bonchev–Trinajstić information content (AvgIpc) is 2.39. The summed E-state index contributed by atoms with van der Waals surface area (Å²) in [4.78, 5) is 5.03. The molecule has 4 heteroatoms. The molecule has 2 aliphatic heterocycles. The van der Waals surface area contributed by atoms with Crippen LogP contribution in [0, 0.1) is 5.92 Å². The zero-order chi connectivity index (χ0) is 13.2. The number of piperidine rings is 2. The van der Waals surface area contributed by atoms with Gasteiger partial charge in [-0.05, 0) is 45.3 Å². The third-order valence-electron chi connectivity index (χ3n) is 4.99. The Bertz CT molecular complexity index is 274. The number of nitrogens with zero attached hydrogens (tertiary/aromatic N) is 2. The molecule has 0 bridgehead atoms. The number of methoxy groups -OCH3 is 1. The Labute approximate surface area is 111 Å². The van der Waals surface area contributed by atoms with Gasteiger partial charge in [-0.3, -0.25) is 4.90 Å². The van der Waals surface area contributed by atoms with Gasteiger partial charge in [-0.1, -0.05) is 6.92 Å². The largest absolute Gasteiger partial charge is 0.380 e. The number of rotatable bonds is 3. The summed E-state index contributed by atoms with van der Waals surface area (Å²) in [6, 6.07) is 0. The summed E-state index contributed by atoms with van der Waals surface area (Å²) >= 11 is 0. The second kappa shape index (κ2) is 5.87. The fourth-order valence-corrected chi connectivity index (χ4v) is 3.66. The van der Waals surface area contributed by atoms with E-state index in [1.54, 1.807) is 0 Å². The maximum atomic E-state index is 6.14. The number of hydrogen-bond donors (Lipinski definition) is 1. The van der Waals surface area contributed by atoms with Crippen molar-refractivity contribution in [3.05, 3.63) is 0 Å². The van der Waals surface area contributed by atoms with Crippen LogP contribution in [-0.4, -0.2) is 68.3 Å². The monoisotopic (exact) mass is 255 g/mol. The van der Waals surface area contributed by atoms with E-state index >= 15 is 0 Å². The molecule has 0 saturated carbocycles. The van der Waals surface area contributed by atoms with Crippen LogP contribution in [0.25, 0.3) is 0 Å². The van der Waals surface area contributed by atoms with E-state index in [2.05, 4.69) is 23.8 Å². The Balaban J connectivity index is 2.07. The molecule has 3 atom stereocenters. The predicted molar refractivity (Wildman–Crippen MR) is 74.7 cm³/mol. The number of hydrogen-bond acceptors (Lipinski definition) is 4. The first kappa shape index (κ1) is 14.3. The number of likely N-dealkylation sites (N-methyl/N-ethyl adjacent to an activating group) is 1. The second-order valence-electron chi connectivity index (χ2n) is 6.26. The lowest BCUT2D eigenvalue weighted by Crippen LogP contribution is -2.65. The van der Waals surface area contributed by atoms with Crippen LogP contribution in [0.2, 0.25) is 0 Å². The molecular weight excluding hydrogens is 226 g/mol. The maximum absolute atomic E-state index is 6.14. The first-order valence-corrected chi connectivity index (χ1v) is 7.28. The van der Waals surface area contributed by atoms with Crippen LogP contribution in [0.15, 0.2) is 0 Å². The molecule has 2 aliphatic rings. The van der Waals surface area contributed by atoms with Gasteiger partial charge in [0.05, 0.1) is 6.10 Å². The summed E-state index contributed by atoms with van der Waals surface area (Å²) in [6.45, 7) is 7.60. The topological polar surface area (TPSA) is 41.7 Å². The third-order valence-corrected chi connectivity index (χ3v) is 4.99. The van der Waals surface area contributed by atoms with Crippen LogP contribution in [0.5, 0.6) is 0 Å². The van der Waals surface area contributed by atoms with E-state index in [0.717, 1.165) is 19.6 Å². The molecule has 18 heavy (non-hydrogen) atoms. The van der Waals surface area contributed by atoms with Crippen molar-refractivity contribution < 1.29 is 4.74 Å². The highest BCUT2D eigenvalue weighted by Gasteiger charge is 2.41. The highest BCUT2D eigenvalue weighted by Crippen LogP contribution is 2.31. The second-order valence-corrected chi connectivity index (χ2v) is 6.26. The molecule has 0 spiro atoms. The smallest absolute Gasteiger partial charge is 0.0724 e. The molecule has 0 aromatic rings. The number of likely N-dealkylation sites (tertiary alicyclic amines) is 2. The summed E-state index contributed by atoms with van der Waals surface area (Å²) in [7, 11) is 4.05. The average molecular weight is 255 g/mol. The summed E-state index contributed by atoms with van der Waals surface area (Å²) in [5, 5.41) is 0. The molecule has 2 N–H and O–H groups in total. The molecule has 0 aromatic heterocycles. The van der Waals surface area contributed by atoms with Crippen molar-refractivity contribution >= 4 is 0 Å². The summed E-state index contributed by atoms with van der Waals surface area (Å²) in [6.07, 6.45) is 4.09. The normalized spacial score (nSPS) is 40.0. The Morgan fingerprint density at radius 1 is 1.39 bits per heavy atom. The van der Waals surface area contributed by atoms with Crippen molar-refractivity contribution in [1.29, 1.82) is 0 Å². The van der Waals surface area contributed by atoms with Crippen LogP contribution < -0.4 is 5.73 Å². The first-order chi connectivity index (χ1) is 8.61. The van der Waals surface area contributed by atoms with Crippen LogP contribution >= 0.6 is 0 Å². The molecule has 4 nitrogen and oxygen atoms in total. The van der Waals surface area contributed by atoms with Crippen molar-refractivity contribution in [3.63, 3.8) is 0 Å². The molecule has 2 heterocycles. The minimum absolute atomic E-state index is 0.184. The zero-order valence-electron chi connectivity index (χ0n) is 12.2. The first-order valence-electron chi connectivity index (χ1n) is 7.28. The van der Waals surface area contributed by atoms with Gasteiger partial charge in [0.2, 0.25) is 0 Å². The lowest BCUT2D eigenvalue weighted by molar-refractivity contribution is -0.0626. The van der Waals surface area contributed by atoms with Crippen molar-refractivity contribution in [3.8, 4) is 0 Å². The van der Waals surface area contributed by atoms with Gasteiger partial charge in [0.15, 0.2) is 0 Å². The molecule has 0 aliphatic carbocycles. The van der Waals surface area contributed by atoms with Crippen LogP contribution in [0.4, 0.5) is 0 Å².